The molecule has 0 unspecified atom stereocenters. The maximum absolute atomic E-state index is 13.0. The van der Waals surface area contributed by atoms with Crippen LogP contribution in [0.3, 0.4) is 0 Å². The lowest BCUT2D eigenvalue weighted by Crippen LogP contribution is -2.46. The quantitative estimate of drug-likeness (QED) is 0.356. The predicted molar refractivity (Wildman–Crippen MR) is 132 cm³/mol. The number of carbonyl (C=O) groups is 2. The monoisotopic (exact) mass is 472 g/mol. The molecule has 0 fully saturated rings. The molecule has 3 aromatic rings. The number of urea groups is 1. The second-order valence-corrected chi connectivity index (χ2v) is 8.08. The summed E-state index contributed by atoms with van der Waals surface area (Å²) in [6.45, 7) is 2.50. The molecule has 1 atom stereocenters. The van der Waals surface area contributed by atoms with Gasteiger partial charge in [-0.1, -0.05) is 60.7 Å². The minimum absolute atomic E-state index is 0.0845. The second kappa shape index (κ2) is 11.2. The van der Waals surface area contributed by atoms with E-state index in [1.165, 1.54) is 4.90 Å². The summed E-state index contributed by atoms with van der Waals surface area (Å²) in [6, 6.07) is 25.6. The number of amides is 2. The summed E-state index contributed by atoms with van der Waals surface area (Å²) >= 11 is 0. The summed E-state index contributed by atoms with van der Waals surface area (Å²) in [5.41, 5.74) is 2.74. The molecule has 7 nitrogen and oxygen atoms in total. The molecule has 0 aliphatic carbocycles. The first-order valence-corrected chi connectivity index (χ1v) is 11.4. The van der Waals surface area contributed by atoms with Gasteiger partial charge in [-0.25, -0.2) is 9.59 Å². The molecule has 0 radical (unpaired) electrons. The molecule has 1 heterocycles. The molecular weight excluding hydrogens is 444 g/mol. The highest BCUT2D eigenvalue weighted by Gasteiger charge is 2.35. The van der Waals surface area contributed by atoms with Crippen LogP contribution in [0.15, 0.2) is 96.2 Å². The molecule has 1 N–H and O–H groups in total. The second-order valence-electron chi connectivity index (χ2n) is 8.08. The van der Waals surface area contributed by atoms with E-state index >= 15 is 0 Å². The van der Waals surface area contributed by atoms with Crippen LogP contribution in [0.4, 0.5) is 4.79 Å². The molecule has 0 bridgehead atoms. The Labute approximate surface area is 204 Å². The summed E-state index contributed by atoms with van der Waals surface area (Å²) in [6.07, 6.45) is 0. The average molecular weight is 473 g/mol. The van der Waals surface area contributed by atoms with E-state index in [1.807, 2.05) is 84.9 Å². The van der Waals surface area contributed by atoms with Crippen molar-refractivity contribution >= 4 is 12.0 Å². The number of nitrogens with zero attached hydrogens (tertiary/aromatic N) is 1. The third-order valence-electron chi connectivity index (χ3n) is 5.76. The first-order valence-electron chi connectivity index (χ1n) is 11.4. The third-order valence-corrected chi connectivity index (χ3v) is 5.76. The lowest BCUT2D eigenvalue weighted by molar-refractivity contribution is -0.140. The van der Waals surface area contributed by atoms with Gasteiger partial charge in [-0.2, -0.15) is 0 Å². The van der Waals surface area contributed by atoms with Gasteiger partial charge in [0.05, 0.1) is 11.6 Å². The molecule has 1 aliphatic heterocycles. The largest absolute Gasteiger partial charge is 0.490 e. The summed E-state index contributed by atoms with van der Waals surface area (Å²) in [7, 11) is 1.62. The van der Waals surface area contributed by atoms with Crippen LogP contribution < -0.4 is 14.8 Å². The number of hydrogen-bond acceptors (Lipinski definition) is 5. The fraction of sp³-hybridized carbons (Fsp3) is 0.214. The number of benzene rings is 3. The molecule has 7 heteroatoms. The van der Waals surface area contributed by atoms with Crippen LogP contribution in [0.25, 0.3) is 0 Å². The van der Waals surface area contributed by atoms with Crippen LogP contribution in [0.1, 0.15) is 24.1 Å². The van der Waals surface area contributed by atoms with E-state index in [-0.39, 0.29) is 19.2 Å². The standard InChI is InChI=1S/C28H28N2O5/c1-20-25(27(31)34-18-17-33-23-11-7-4-8-12-23)26(29-28(32)30(20)2)22-13-15-24(16-14-22)35-19-21-9-5-3-6-10-21/h3-16,26H,17-19H2,1-2H3,(H,29,32)/t26-/m0/s1. The molecule has 35 heavy (non-hydrogen) atoms. The van der Waals surface area contributed by atoms with E-state index in [0.717, 1.165) is 11.1 Å². The van der Waals surface area contributed by atoms with E-state index in [4.69, 9.17) is 14.2 Å². The normalized spacial score (nSPS) is 15.4. The smallest absolute Gasteiger partial charge is 0.338 e. The van der Waals surface area contributed by atoms with Crippen LogP contribution in [0, 0.1) is 0 Å². The minimum atomic E-state index is -0.635. The number of rotatable bonds is 9. The van der Waals surface area contributed by atoms with Crippen LogP contribution in [-0.2, 0) is 16.1 Å². The van der Waals surface area contributed by atoms with Crippen molar-refractivity contribution in [3.05, 3.63) is 107 Å². The number of hydrogen-bond donors (Lipinski definition) is 1. The van der Waals surface area contributed by atoms with Crippen LogP contribution in [0.5, 0.6) is 11.5 Å². The molecule has 3 aromatic carbocycles. The molecule has 180 valence electrons. The highest BCUT2D eigenvalue weighted by atomic mass is 16.6. The van der Waals surface area contributed by atoms with E-state index in [0.29, 0.717) is 29.4 Å². The van der Waals surface area contributed by atoms with E-state index in [1.54, 1.807) is 14.0 Å². The van der Waals surface area contributed by atoms with Crippen LogP contribution in [-0.4, -0.2) is 37.2 Å². The Bertz CT molecular complexity index is 1180. The average Bonchev–Trinajstić information content (AvgIpc) is 2.90. The third kappa shape index (κ3) is 6.00. The zero-order chi connectivity index (χ0) is 24.6. The Morgan fingerprint density at radius 1 is 0.857 bits per heavy atom. The Balaban J connectivity index is 1.43. The van der Waals surface area contributed by atoms with E-state index < -0.39 is 12.0 Å². The zero-order valence-electron chi connectivity index (χ0n) is 19.8. The van der Waals surface area contributed by atoms with Gasteiger partial charge in [0.1, 0.15) is 31.3 Å². The number of ether oxygens (including phenoxy) is 3. The van der Waals surface area contributed by atoms with Crippen molar-refractivity contribution in [1.82, 2.24) is 10.2 Å². The Hall–Kier alpha value is -4.26. The van der Waals surface area contributed by atoms with Gasteiger partial charge < -0.3 is 24.4 Å². The number of carbonyl (C=O) groups excluding carboxylic acids is 2. The van der Waals surface area contributed by atoms with Crippen molar-refractivity contribution in [3.63, 3.8) is 0 Å². The lowest BCUT2D eigenvalue weighted by Gasteiger charge is -2.33. The molecule has 1 aliphatic rings. The maximum Gasteiger partial charge on any atom is 0.338 e. The van der Waals surface area contributed by atoms with Gasteiger partial charge in [0, 0.05) is 12.7 Å². The fourth-order valence-electron chi connectivity index (χ4n) is 3.74. The van der Waals surface area contributed by atoms with Crippen molar-refractivity contribution in [3.8, 4) is 11.5 Å². The minimum Gasteiger partial charge on any atom is -0.490 e. The zero-order valence-corrected chi connectivity index (χ0v) is 19.8. The van der Waals surface area contributed by atoms with Crippen molar-refractivity contribution in [2.24, 2.45) is 0 Å². The summed E-state index contributed by atoms with van der Waals surface area (Å²) < 4.78 is 17.0. The highest BCUT2D eigenvalue weighted by Crippen LogP contribution is 2.31. The maximum atomic E-state index is 13.0. The van der Waals surface area contributed by atoms with Crippen LogP contribution >= 0.6 is 0 Å². The highest BCUT2D eigenvalue weighted by molar-refractivity contribution is 5.95. The molecular formula is C28H28N2O5. The number of allylic oxidation sites excluding steroid dienone is 1. The first-order chi connectivity index (χ1) is 17.0. The summed E-state index contributed by atoms with van der Waals surface area (Å²) in [5.74, 6) is 0.899. The predicted octanol–water partition coefficient (Wildman–Crippen LogP) is 4.86. The number of esters is 1. The molecule has 0 saturated carbocycles. The number of para-hydroxylation sites is 1. The molecule has 0 spiro atoms. The summed E-state index contributed by atoms with van der Waals surface area (Å²) in [5, 5.41) is 2.89. The van der Waals surface area contributed by atoms with Crippen molar-refractivity contribution < 1.29 is 23.8 Å². The van der Waals surface area contributed by atoms with Gasteiger partial charge in [-0.05, 0) is 42.3 Å². The molecule has 2 amide bonds. The Morgan fingerprint density at radius 2 is 1.49 bits per heavy atom. The van der Waals surface area contributed by atoms with Gasteiger partial charge in [0.25, 0.3) is 0 Å². The van der Waals surface area contributed by atoms with Crippen molar-refractivity contribution in [2.45, 2.75) is 19.6 Å². The van der Waals surface area contributed by atoms with Crippen molar-refractivity contribution in [2.75, 3.05) is 20.3 Å². The van der Waals surface area contributed by atoms with Gasteiger partial charge in [0.2, 0.25) is 0 Å². The van der Waals surface area contributed by atoms with Gasteiger partial charge in [-0.3, -0.25) is 0 Å². The Kier molecular flexibility index (Phi) is 7.67. The van der Waals surface area contributed by atoms with E-state index in [2.05, 4.69) is 5.32 Å². The fourth-order valence-corrected chi connectivity index (χ4v) is 3.74. The van der Waals surface area contributed by atoms with E-state index in [9.17, 15) is 9.59 Å². The number of nitrogens with one attached hydrogen (secondary N) is 1. The Morgan fingerprint density at radius 3 is 2.17 bits per heavy atom. The SMILES string of the molecule is CC1=C(C(=O)OCCOc2ccccc2)[C@H](c2ccc(OCc3ccccc3)cc2)NC(=O)N1C. The molecule has 0 aromatic heterocycles. The first kappa shape index (κ1) is 23.9. The molecule has 4 rings (SSSR count). The van der Waals surface area contributed by atoms with Crippen LogP contribution in [0.2, 0.25) is 0 Å². The van der Waals surface area contributed by atoms with Gasteiger partial charge >= 0.3 is 12.0 Å². The lowest BCUT2D eigenvalue weighted by atomic mass is 9.95. The van der Waals surface area contributed by atoms with Gasteiger partial charge in [-0.15, -0.1) is 0 Å². The van der Waals surface area contributed by atoms with Gasteiger partial charge in [0.15, 0.2) is 0 Å². The topological polar surface area (TPSA) is 77.1 Å². The van der Waals surface area contributed by atoms with Crippen molar-refractivity contribution in [1.29, 1.82) is 0 Å². The molecule has 0 saturated heterocycles. The summed E-state index contributed by atoms with van der Waals surface area (Å²) in [4.78, 5) is 26.9.